The number of hydrogen-bond donors (Lipinski definition) is 2. The Bertz CT molecular complexity index is 1180. The summed E-state index contributed by atoms with van der Waals surface area (Å²) in [5.74, 6) is 0.0351. The van der Waals surface area contributed by atoms with Gasteiger partial charge in [-0.3, -0.25) is 14.6 Å². The van der Waals surface area contributed by atoms with Crippen molar-refractivity contribution in [2.24, 2.45) is 5.92 Å². The third-order valence-corrected chi connectivity index (χ3v) is 5.64. The van der Waals surface area contributed by atoms with E-state index in [-0.39, 0.29) is 17.7 Å². The molecule has 2 N–H and O–H groups in total. The first kappa shape index (κ1) is 23.6. The van der Waals surface area contributed by atoms with Crippen molar-refractivity contribution < 1.29 is 28.2 Å². The van der Waals surface area contributed by atoms with E-state index in [4.69, 9.17) is 14.2 Å². The number of ether oxygens (including phenoxy) is 3. The molecule has 4 rings (SSSR count). The third-order valence-electron chi connectivity index (χ3n) is 5.64. The Balaban J connectivity index is 1.59. The molecule has 1 aliphatic rings. The Morgan fingerprint density at radius 3 is 2.74 bits per heavy atom. The van der Waals surface area contributed by atoms with Gasteiger partial charge in [-0.05, 0) is 56.1 Å². The summed E-state index contributed by atoms with van der Waals surface area (Å²) in [4.78, 5) is 26.1. The summed E-state index contributed by atoms with van der Waals surface area (Å²) in [7, 11) is 1.61. The summed E-state index contributed by atoms with van der Waals surface area (Å²) >= 11 is 0. The Labute approximate surface area is 196 Å². The molecule has 0 spiro atoms. The molecule has 1 aliphatic heterocycles. The number of anilines is 1. The molecule has 0 radical (unpaired) electrons. The van der Waals surface area contributed by atoms with Gasteiger partial charge in [0.1, 0.15) is 11.5 Å². The van der Waals surface area contributed by atoms with Crippen LogP contribution in [-0.2, 0) is 20.9 Å². The van der Waals surface area contributed by atoms with Gasteiger partial charge in [0.2, 0.25) is 6.29 Å². The molecular weight excluding hydrogens is 441 g/mol. The monoisotopic (exact) mass is 467 g/mol. The van der Waals surface area contributed by atoms with E-state index in [0.717, 1.165) is 37.6 Å². The van der Waals surface area contributed by atoms with Crippen LogP contribution in [0.5, 0.6) is 17.2 Å². The van der Waals surface area contributed by atoms with Gasteiger partial charge in [-0.15, -0.1) is 0 Å². The van der Waals surface area contributed by atoms with Gasteiger partial charge in [0.15, 0.2) is 11.6 Å². The van der Waals surface area contributed by atoms with Crippen LogP contribution in [0.2, 0.25) is 0 Å². The number of methoxy groups -OCH3 is 1. The molecule has 2 heterocycles. The second-order valence-corrected chi connectivity index (χ2v) is 8.08. The number of fused-ring (bicyclic) bond motifs is 1. The van der Waals surface area contributed by atoms with E-state index in [0.29, 0.717) is 41.5 Å². The van der Waals surface area contributed by atoms with Crippen LogP contribution < -0.4 is 20.1 Å². The standard InChI is InChI=1S/C25H26FN3O5/c1-32-15-17-10-19-21(12-24(17)33-14-16-4-7-27-8-5-16)28-9-6-22(19)34-23-3-2-18(11-20(23)26)29-25(31)13-30/h2-3,6,9-13,16,27H,4-5,7-8,14-15H2,1H3,(H,29,31). The highest BCUT2D eigenvalue weighted by molar-refractivity contribution is 6.29. The van der Waals surface area contributed by atoms with Crippen LogP contribution in [0, 0.1) is 11.7 Å². The SMILES string of the molecule is COCc1cc2c(Oc3ccc(NC(=O)C=O)cc3F)ccnc2cc1OCC1CCNCC1. The minimum atomic E-state index is -0.864. The van der Waals surface area contributed by atoms with Gasteiger partial charge in [0.25, 0.3) is 5.91 Å². The molecule has 0 atom stereocenters. The van der Waals surface area contributed by atoms with Crippen LogP contribution in [-0.4, -0.2) is 44.0 Å². The summed E-state index contributed by atoms with van der Waals surface area (Å²) in [6.07, 6.45) is 3.85. The Hall–Kier alpha value is -3.56. The normalized spacial score (nSPS) is 14.1. The molecule has 1 aromatic heterocycles. The molecule has 34 heavy (non-hydrogen) atoms. The molecule has 3 aromatic rings. The Morgan fingerprint density at radius 2 is 2.00 bits per heavy atom. The zero-order valence-electron chi connectivity index (χ0n) is 18.8. The third kappa shape index (κ3) is 5.67. The highest BCUT2D eigenvalue weighted by Crippen LogP contribution is 2.35. The molecule has 1 fully saturated rings. The highest BCUT2D eigenvalue weighted by Gasteiger charge is 2.17. The molecule has 1 amide bonds. The summed E-state index contributed by atoms with van der Waals surface area (Å²) in [5.41, 5.74) is 1.64. The van der Waals surface area contributed by atoms with E-state index in [1.807, 2.05) is 12.1 Å². The van der Waals surface area contributed by atoms with E-state index >= 15 is 0 Å². The van der Waals surface area contributed by atoms with E-state index in [2.05, 4.69) is 15.6 Å². The van der Waals surface area contributed by atoms with Crippen LogP contribution in [0.3, 0.4) is 0 Å². The molecule has 0 aliphatic carbocycles. The number of benzene rings is 2. The number of carbonyl (C=O) groups is 2. The van der Waals surface area contributed by atoms with E-state index in [9.17, 15) is 14.0 Å². The van der Waals surface area contributed by atoms with E-state index in [1.165, 1.54) is 12.1 Å². The number of rotatable bonds is 9. The first-order valence-corrected chi connectivity index (χ1v) is 11.0. The molecule has 178 valence electrons. The van der Waals surface area contributed by atoms with Crippen LogP contribution in [0.25, 0.3) is 10.9 Å². The summed E-state index contributed by atoms with van der Waals surface area (Å²) < 4.78 is 32.0. The van der Waals surface area contributed by atoms with Crippen LogP contribution in [0.4, 0.5) is 10.1 Å². The molecular formula is C25H26FN3O5. The quantitative estimate of drug-likeness (QED) is 0.365. The first-order valence-electron chi connectivity index (χ1n) is 11.0. The average molecular weight is 467 g/mol. The number of aromatic nitrogens is 1. The number of piperidine rings is 1. The second-order valence-electron chi connectivity index (χ2n) is 8.08. The fourth-order valence-corrected chi connectivity index (χ4v) is 3.89. The molecule has 0 saturated carbocycles. The number of amides is 1. The van der Waals surface area contributed by atoms with Gasteiger partial charge in [0, 0.05) is 42.1 Å². The lowest BCUT2D eigenvalue weighted by Gasteiger charge is -2.23. The van der Waals surface area contributed by atoms with Crippen molar-refractivity contribution in [2.75, 3.05) is 32.1 Å². The lowest BCUT2D eigenvalue weighted by Crippen LogP contribution is -2.30. The lowest BCUT2D eigenvalue weighted by molar-refractivity contribution is -0.127. The maximum absolute atomic E-state index is 14.6. The van der Waals surface area contributed by atoms with E-state index < -0.39 is 11.7 Å². The number of carbonyl (C=O) groups excluding carboxylic acids is 2. The van der Waals surface area contributed by atoms with Crippen molar-refractivity contribution in [3.8, 4) is 17.2 Å². The van der Waals surface area contributed by atoms with Crippen LogP contribution >= 0.6 is 0 Å². The van der Waals surface area contributed by atoms with Gasteiger partial charge in [0.05, 0.1) is 18.7 Å². The lowest BCUT2D eigenvalue weighted by atomic mass is 9.99. The zero-order valence-corrected chi connectivity index (χ0v) is 18.8. The molecule has 0 bridgehead atoms. The number of halogens is 1. The topological polar surface area (TPSA) is 98.8 Å². The Kier molecular flexibility index (Phi) is 7.66. The van der Waals surface area contributed by atoms with Crippen molar-refractivity contribution in [3.05, 3.63) is 54.0 Å². The van der Waals surface area contributed by atoms with Gasteiger partial charge >= 0.3 is 0 Å². The summed E-state index contributed by atoms with van der Waals surface area (Å²) in [6, 6.07) is 9.31. The average Bonchev–Trinajstić information content (AvgIpc) is 2.85. The number of pyridine rings is 1. The molecule has 8 nitrogen and oxygen atoms in total. The largest absolute Gasteiger partial charge is 0.493 e. The predicted molar refractivity (Wildman–Crippen MR) is 125 cm³/mol. The van der Waals surface area contributed by atoms with Crippen LogP contribution in [0.1, 0.15) is 18.4 Å². The molecule has 9 heteroatoms. The van der Waals surface area contributed by atoms with Gasteiger partial charge < -0.3 is 24.8 Å². The van der Waals surface area contributed by atoms with Gasteiger partial charge in [-0.25, -0.2) is 4.39 Å². The highest BCUT2D eigenvalue weighted by atomic mass is 19.1. The maximum atomic E-state index is 14.6. The van der Waals surface area contributed by atoms with E-state index in [1.54, 1.807) is 19.4 Å². The maximum Gasteiger partial charge on any atom is 0.288 e. The number of aldehydes is 1. The summed E-state index contributed by atoms with van der Waals surface area (Å²) in [6.45, 7) is 2.96. The van der Waals surface area contributed by atoms with Gasteiger partial charge in [-0.1, -0.05) is 0 Å². The van der Waals surface area contributed by atoms with Crippen molar-refractivity contribution in [1.82, 2.24) is 10.3 Å². The fourth-order valence-electron chi connectivity index (χ4n) is 3.89. The molecule has 2 aromatic carbocycles. The molecule has 1 saturated heterocycles. The predicted octanol–water partition coefficient (Wildman–Crippen LogP) is 3.83. The molecule has 0 unspecified atom stereocenters. The smallest absolute Gasteiger partial charge is 0.288 e. The summed E-state index contributed by atoms with van der Waals surface area (Å²) in [5, 5.41) is 6.31. The Morgan fingerprint density at radius 1 is 1.18 bits per heavy atom. The first-order chi connectivity index (χ1) is 16.6. The second kappa shape index (κ2) is 11.0. The van der Waals surface area contributed by atoms with Crippen molar-refractivity contribution in [3.63, 3.8) is 0 Å². The minimum Gasteiger partial charge on any atom is -0.493 e. The van der Waals surface area contributed by atoms with Gasteiger partial charge in [-0.2, -0.15) is 0 Å². The zero-order chi connectivity index (χ0) is 23.9. The number of nitrogens with one attached hydrogen (secondary N) is 2. The van der Waals surface area contributed by atoms with Crippen molar-refractivity contribution >= 4 is 28.8 Å². The number of hydrogen-bond acceptors (Lipinski definition) is 7. The minimum absolute atomic E-state index is 0.0314. The fraction of sp³-hybridized carbons (Fsp3) is 0.320. The number of nitrogens with zero attached hydrogens (tertiary/aromatic N) is 1. The van der Waals surface area contributed by atoms with Crippen molar-refractivity contribution in [2.45, 2.75) is 19.4 Å². The van der Waals surface area contributed by atoms with Crippen molar-refractivity contribution in [1.29, 1.82) is 0 Å². The van der Waals surface area contributed by atoms with Crippen LogP contribution in [0.15, 0.2) is 42.6 Å².